The van der Waals surface area contributed by atoms with Crippen molar-refractivity contribution < 1.29 is 17.9 Å². The van der Waals surface area contributed by atoms with E-state index in [1.165, 1.54) is 13.2 Å². The summed E-state index contributed by atoms with van der Waals surface area (Å²) in [5.41, 5.74) is 2.94. The number of allylic oxidation sites excluding steroid dienone is 4. The molecule has 3 aromatic rings. The molecule has 3 rings (SSSR count). The van der Waals surface area contributed by atoms with Crippen molar-refractivity contribution in [2.24, 2.45) is 0 Å². The molecule has 0 amide bonds. The molecule has 0 unspecified atom stereocenters. The Morgan fingerprint density at radius 2 is 1.89 bits per heavy atom. The maximum absolute atomic E-state index is 13.4. The van der Waals surface area contributed by atoms with E-state index >= 15 is 0 Å². The van der Waals surface area contributed by atoms with Crippen LogP contribution in [0.25, 0.3) is 10.9 Å². The molecule has 1 aromatic heterocycles. The van der Waals surface area contributed by atoms with Crippen molar-refractivity contribution in [2.75, 3.05) is 23.7 Å². The first-order chi connectivity index (χ1) is 17.3. The molecule has 0 spiro atoms. The Balaban J connectivity index is 1.97. The summed E-state index contributed by atoms with van der Waals surface area (Å²) in [4.78, 5) is 16.0. The summed E-state index contributed by atoms with van der Waals surface area (Å²) in [6, 6.07) is 13.7. The number of fused-ring (bicyclic) bond motifs is 1. The van der Waals surface area contributed by atoms with Crippen LogP contribution in [-0.2, 0) is 19.6 Å². The average Bonchev–Trinajstić information content (AvgIpc) is 2.88. The largest absolute Gasteiger partial charge is 0.466 e. The van der Waals surface area contributed by atoms with Gasteiger partial charge >= 0.3 is 5.97 Å². The number of pyridine rings is 1. The highest BCUT2D eigenvalue weighted by Gasteiger charge is 2.20. The van der Waals surface area contributed by atoms with Gasteiger partial charge in [0.2, 0.25) is 0 Å². The summed E-state index contributed by atoms with van der Waals surface area (Å²) in [5, 5.41) is 3.95. The maximum Gasteiger partial charge on any atom is 0.333 e. The molecule has 0 aliphatic carbocycles. The van der Waals surface area contributed by atoms with Crippen LogP contribution in [0.15, 0.2) is 95.6 Å². The van der Waals surface area contributed by atoms with Gasteiger partial charge in [-0.3, -0.25) is 9.71 Å². The van der Waals surface area contributed by atoms with Crippen LogP contribution in [0.3, 0.4) is 0 Å². The summed E-state index contributed by atoms with van der Waals surface area (Å²) >= 11 is 0. The Labute approximate surface area is 211 Å². The normalized spacial score (nSPS) is 11.9. The van der Waals surface area contributed by atoms with Crippen LogP contribution < -0.4 is 10.0 Å². The number of aromatic nitrogens is 1. The van der Waals surface area contributed by atoms with Gasteiger partial charge in [-0.15, -0.1) is 0 Å². The number of sulfonamides is 1. The zero-order valence-electron chi connectivity index (χ0n) is 20.3. The van der Waals surface area contributed by atoms with Gasteiger partial charge in [-0.05, 0) is 44.2 Å². The predicted molar refractivity (Wildman–Crippen MR) is 144 cm³/mol. The standard InChI is InChI=1S/C28H27N3O4S/c1-5-21(15-14-20(3)28(32)35-4)16-17-22-10-7-8-12-24(22)31-36(33,34)26-13-9-11-23-25(29-6-2)18-19-30-27(23)26/h5,7-15,18-19,31H,1,6H2,2-4H3,(H,29,30)/b20-14+,21-15+. The van der Waals surface area contributed by atoms with Gasteiger partial charge in [-0.2, -0.15) is 0 Å². The third kappa shape index (κ3) is 6.20. The monoisotopic (exact) mass is 501 g/mol. The molecule has 184 valence electrons. The first-order valence-electron chi connectivity index (χ1n) is 11.2. The second-order valence-electron chi connectivity index (χ2n) is 7.61. The molecule has 0 fully saturated rings. The van der Waals surface area contributed by atoms with Crippen LogP contribution in [0.1, 0.15) is 19.4 Å². The minimum atomic E-state index is -3.98. The van der Waals surface area contributed by atoms with Crippen LogP contribution in [0.4, 0.5) is 11.4 Å². The number of carbonyl (C=O) groups is 1. The predicted octanol–water partition coefficient (Wildman–Crippen LogP) is 5.05. The molecule has 0 atom stereocenters. The molecule has 0 bridgehead atoms. The van der Waals surface area contributed by atoms with E-state index in [2.05, 4.69) is 38.2 Å². The lowest BCUT2D eigenvalue weighted by Gasteiger charge is -2.13. The fourth-order valence-corrected chi connectivity index (χ4v) is 4.59. The number of anilines is 2. The van der Waals surface area contributed by atoms with Gasteiger partial charge in [0.1, 0.15) is 4.90 Å². The summed E-state index contributed by atoms with van der Waals surface area (Å²) in [6.45, 7) is 8.04. The van der Waals surface area contributed by atoms with Crippen molar-refractivity contribution in [2.45, 2.75) is 18.7 Å². The molecular formula is C28H27N3O4S. The first-order valence-corrected chi connectivity index (χ1v) is 12.6. The van der Waals surface area contributed by atoms with E-state index < -0.39 is 16.0 Å². The summed E-state index contributed by atoms with van der Waals surface area (Å²) in [7, 11) is -2.67. The van der Waals surface area contributed by atoms with E-state index in [4.69, 9.17) is 0 Å². The molecule has 0 aliphatic rings. The van der Waals surface area contributed by atoms with Crippen molar-refractivity contribution in [3.8, 4) is 11.8 Å². The van der Waals surface area contributed by atoms with E-state index in [0.29, 0.717) is 39.8 Å². The number of rotatable bonds is 8. The Morgan fingerprint density at radius 1 is 1.11 bits per heavy atom. The second kappa shape index (κ2) is 11.9. The lowest BCUT2D eigenvalue weighted by atomic mass is 10.1. The highest BCUT2D eigenvalue weighted by molar-refractivity contribution is 7.93. The van der Waals surface area contributed by atoms with Gasteiger partial charge in [0.25, 0.3) is 10.0 Å². The zero-order chi connectivity index (χ0) is 26.1. The van der Waals surface area contributed by atoms with Crippen molar-refractivity contribution >= 4 is 38.3 Å². The van der Waals surface area contributed by atoms with Gasteiger partial charge in [0, 0.05) is 40.5 Å². The summed E-state index contributed by atoms with van der Waals surface area (Å²) in [5.74, 6) is 5.49. The van der Waals surface area contributed by atoms with E-state index in [-0.39, 0.29) is 4.90 Å². The number of para-hydroxylation sites is 2. The number of benzene rings is 2. The minimum Gasteiger partial charge on any atom is -0.466 e. The van der Waals surface area contributed by atoms with E-state index in [0.717, 1.165) is 5.69 Å². The van der Waals surface area contributed by atoms with E-state index in [1.54, 1.807) is 61.7 Å². The van der Waals surface area contributed by atoms with E-state index in [1.807, 2.05) is 19.1 Å². The van der Waals surface area contributed by atoms with Gasteiger partial charge in [0.05, 0.1) is 18.3 Å². The fraction of sp³-hybridized carbons (Fsp3) is 0.143. The molecule has 2 aromatic carbocycles. The quantitative estimate of drug-likeness (QED) is 0.194. The van der Waals surface area contributed by atoms with Crippen LogP contribution in [-0.4, -0.2) is 33.0 Å². The molecule has 0 saturated heterocycles. The molecule has 2 N–H and O–H groups in total. The van der Waals surface area contributed by atoms with Crippen LogP contribution in [0, 0.1) is 11.8 Å². The highest BCUT2D eigenvalue weighted by Crippen LogP contribution is 2.28. The first kappa shape index (κ1) is 26.3. The van der Waals surface area contributed by atoms with Crippen LogP contribution in [0.5, 0.6) is 0 Å². The Morgan fingerprint density at radius 3 is 2.61 bits per heavy atom. The van der Waals surface area contributed by atoms with Crippen LogP contribution >= 0.6 is 0 Å². The topological polar surface area (TPSA) is 97.4 Å². The molecule has 0 saturated carbocycles. The van der Waals surface area contributed by atoms with Gasteiger partial charge in [0.15, 0.2) is 0 Å². The number of ether oxygens (including phenoxy) is 1. The molecule has 36 heavy (non-hydrogen) atoms. The third-order valence-corrected chi connectivity index (χ3v) is 6.54. The van der Waals surface area contributed by atoms with Gasteiger partial charge in [-0.1, -0.05) is 54.8 Å². The van der Waals surface area contributed by atoms with Crippen LogP contribution in [0.2, 0.25) is 0 Å². The molecule has 0 aliphatic heterocycles. The molecule has 7 nitrogen and oxygen atoms in total. The lowest BCUT2D eigenvalue weighted by molar-refractivity contribution is -0.136. The SMILES string of the molecule is C=C/C(C#Cc1ccccc1NS(=O)(=O)c1cccc2c(NCC)ccnc12)=C\C=C(/C)C(=O)OC. The second-order valence-corrected chi connectivity index (χ2v) is 9.26. The Hall–Kier alpha value is -4.35. The molecule has 1 heterocycles. The zero-order valence-corrected chi connectivity index (χ0v) is 21.1. The maximum atomic E-state index is 13.4. The number of esters is 1. The fourth-order valence-electron chi connectivity index (χ4n) is 3.34. The highest BCUT2D eigenvalue weighted by atomic mass is 32.2. The molecular weight excluding hydrogens is 474 g/mol. The number of nitrogens with zero attached hydrogens (tertiary/aromatic N) is 1. The summed E-state index contributed by atoms with van der Waals surface area (Å²) < 4.78 is 34.1. The molecule has 0 radical (unpaired) electrons. The minimum absolute atomic E-state index is 0.0672. The average molecular weight is 502 g/mol. The van der Waals surface area contributed by atoms with Crippen molar-refractivity contribution in [1.82, 2.24) is 4.98 Å². The Kier molecular flexibility index (Phi) is 8.66. The third-order valence-electron chi connectivity index (χ3n) is 5.14. The van der Waals surface area contributed by atoms with Crippen molar-refractivity contribution in [3.05, 3.63) is 96.2 Å². The number of methoxy groups -OCH3 is 1. The number of carbonyl (C=O) groups excluding carboxylic acids is 1. The van der Waals surface area contributed by atoms with E-state index in [9.17, 15) is 13.2 Å². The lowest BCUT2D eigenvalue weighted by Crippen LogP contribution is -2.15. The number of hydrogen-bond acceptors (Lipinski definition) is 6. The van der Waals surface area contributed by atoms with Gasteiger partial charge < -0.3 is 10.1 Å². The molecule has 8 heteroatoms. The van der Waals surface area contributed by atoms with Gasteiger partial charge in [-0.25, -0.2) is 13.2 Å². The van der Waals surface area contributed by atoms with Crippen molar-refractivity contribution in [1.29, 1.82) is 0 Å². The summed E-state index contributed by atoms with van der Waals surface area (Å²) in [6.07, 6.45) is 6.35. The Bertz CT molecular complexity index is 1530. The smallest absolute Gasteiger partial charge is 0.333 e. The van der Waals surface area contributed by atoms with Crippen molar-refractivity contribution in [3.63, 3.8) is 0 Å². The number of hydrogen-bond donors (Lipinski definition) is 2. The number of nitrogens with one attached hydrogen (secondary N) is 2.